The Morgan fingerprint density at radius 2 is 0.600 bits per heavy atom. The second-order valence-electron chi connectivity index (χ2n) is 16.3. The molecule has 4 aromatic carbocycles. The lowest BCUT2D eigenvalue weighted by Gasteiger charge is -2.42. The molecule has 75 heavy (non-hydrogen) atoms. The van der Waals surface area contributed by atoms with Crippen LogP contribution in [-0.2, 0) is 0 Å². The molecule has 0 amide bonds. The molecule has 8 rings (SSSR count). The van der Waals surface area contributed by atoms with Gasteiger partial charge in [-0.1, -0.05) is 48.5 Å². The average molecular weight is 1070 g/mol. The minimum atomic E-state index is -8.75. The highest BCUT2D eigenvalue weighted by Gasteiger charge is 2.95. The number of ether oxygens (including phenoxy) is 1. The van der Waals surface area contributed by atoms with E-state index in [1.807, 2.05) is 18.2 Å². The Hall–Kier alpha value is -7.93. The number of alkyl halides is 17. The van der Waals surface area contributed by atoms with Crippen LogP contribution in [0.2, 0.25) is 0 Å². The number of hydrogen-bond acceptors (Lipinski definition) is 9. The second-order valence-corrected chi connectivity index (χ2v) is 16.3. The average Bonchev–Trinajstić information content (AvgIpc) is 3.35. The molecule has 0 atom stereocenters. The van der Waals surface area contributed by atoms with E-state index in [9.17, 15) is 74.6 Å². The Labute approximate surface area is 409 Å². The summed E-state index contributed by atoms with van der Waals surface area (Å²) >= 11 is 0. The predicted octanol–water partition coefficient (Wildman–Crippen LogP) is 14.1. The molecule has 0 aliphatic carbocycles. The van der Waals surface area contributed by atoms with E-state index in [0.717, 1.165) is 6.08 Å². The first-order valence-corrected chi connectivity index (χ1v) is 21.4. The van der Waals surface area contributed by atoms with Crippen LogP contribution in [0.5, 0.6) is 5.88 Å². The monoisotopic (exact) mass is 1070 g/mol. The summed E-state index contributed by atoms with van der Waals surface area (Å²) in [5.74, 6) is -58.2. The number of aromatic nitrogens is 8. The maximum absolute atomic E-state index is 14.9. The third kappa shape index (κ3) is 9.49. The van der Waals surface area contributed by atoms with E-state index in [1.54, 1.807) is 79.7 Å². The summed E-state index contributed by atoms with van der Waals surface area (Å²) in [6.07, 6.45) is -1.88. The number of nitrogens with zero attached hydrogens (tertiary/aromatic N) is 8. The van der Waals surface area contributed by atoms with E-state index in [4.69, 9.17) is 24.7 Å². The molecule has 0 spiro atoms. The Bertz CT molecular complexity index is 3570. The third-order valence-electron chi connectivity index (χ3n) is 11.2. The van der Waals surface area contributed by atoms with Gasteiger partial charge in [0.25, 0.3) is 0 Å². The summed E-state index contributed by atoms with van der Waals surface area (Å²) in [6, 6.07) is 26.3. The maximum atomic E-state index is 14.9. The number of rotatable bonds is 16. The van der Waals surface area contributed by atoms with Crippen LogP contribution < -0.4 is 4.74 Å². The summed E-state index contributed by atoms with van der Waals surface area (Å²) in [5, 5.41) is 0. The molecule has 0 aliphatic heterocycles. The van der Waals surface area contributed by atoms with Gasteiger partial charge in [-0.25, -0.2) is 39.9 Å². The molecule has 390 valence electrons. The zero-order valence-electron chi connectivity index (χ0n) is 37.5. The molecule has 0 aliphatic rings. The van der Waals surface area contributed by atoms with E-state index in [2.05, 4.69) is 19.9 Å². The van der Waals surface area contributed by atoms with Crippen LogP contribution in [0.4, 0.5) is 74.6 Å². The molecule has 0 fully saturated rings. The van der Waals surface area contributed by atoms with Crippen molar-refractivity contribution in [2.45, 2.75) is 61.0 Å². The molecule has 0 N–H and O–H groups in total. The first-order valence-electron chi connectivity index (χ1n) is 21.4. The number of aryl methyl sites for hydroxylation is 1. The quantitative estimate of drug-likeness (QED) is 0.0873. The van der Waals surface area contributed by atoms with Crippen molar-refractivity contribution in [1.29, 1.82) is 0 Å². The van der Waals surface area contributed by atoms with Gasteiger partial charge in [-0.2, -0.15) is 74.6 Å². The molecule has 0 saturated carbocycles. The highest BCUT2D eigenvalue weighted by Crippen LogP contribution is 2.64. The van der Waals surface area contributed by atoms with E-state index in [-0.39, 0.29) is 22.4 Å². The lowest BCUT2D eigenvalue weighted by molar-refractivity contribution is -0.461. The van der Waals surface area contributed by atoms with Crippen LogP contribution >= 0.6 is 0 Å². The van der Waals surface area contributed by atoms with Gasteiger partial charge in [0.2, 0.25) is 5.88 Å². The van der Waals surface area contributed by atoms with Crippen LogP contribution in [0, 0.1) is 6.92 Å². The fourth-order valence-electron chi connectivity index (χ4n) is 7.12. The summed E-state index contributed by atoms with van der Waals surface area (Å²) in [4.78, 5) is 36.5. The van der Waals surface area contributed by atoms with Crippen molar-refractivity contribution in [3.63, 3.8) is 0 Å². The van der Waals surface area contributed by atoms with Gasteiger partial charge < -0.3 is 4.74 Å². The summed E-state index contributed by atoms with van der Waals surface area (Å²) in [5.41, 5.74) is 4.74. The van der Waals surface area contributed by atoms with Crippen LogP contribution in [0.25, 0.3) is 80.6 Å². The number of hydrogen-bond donors (Lipinski definition) is 0. The summed E-state index contributed by atoms with van der Waals surface area (Å²) in [6.45, 7) is -0.162. The van der Waals surface area contributed by atoms with Gasteiger partial charge in [-0.3, -0.25) is 0 Å². The molecule has 8 aromatic rings. The normalized spacial score (nSPS) is 13.9. The standard InChI is InChI=1S/C49H29F17N8O/c1-26-27(68-29-11-3-2-10-28(29)67-26)18-19-36-37(70-31-13-5-4-12-30(31)69-36)20-21-38-39(72-33-15-7-6-14-32(33)71-38)22-23-40-41(74-35-17-9-8-16-34(35)73-40)75-25-24-42(50,51)43(52,53)44(54,55)45(56,57)46(58,59)47(60,61)48(62,63)49(64,65)66/h2-23H,24-25H2,1H3/b19-18+,21-20+,23-22+. The van der Waals surface area contributed by atoms with Crippen molar-refractivity contribution < 1.29 is 79.4 Å². The Morgan fingerprint density at radius 3 is 0.960 bits per heavy atom. The molecular weight excluding hydrogens is 1040 g/mol. The smallest absolute Gasteiger partial charge is 0.460 e. The van der Waals surface area contributed by atoms with Crippen molar-refractivity contribution >= 4 is 80.6 Å². The lowest BCUT2D eigenvalue weighted by atomic mass is 9.88. The summed E-state index contributed by atoms with van der Waals surface area (Å²) < 4.78 is 242. The minimum absolute atomic E-state index is 0.0588. The maximum Gasteiger partial charge on any atom is 0.460 e. The Kier molecular flexibility index (Phi) is 13.6. The Morgan fingerprint density at radius 1 is 0.333 bits per heavy atom. The van der Waals surface area contributed by atoms with Crippen molar-refractivity contribution in [2.75, 3.05) is 6.61 Å². The van der Waals surface area contributed by atoms with Gasteiger partial charge >= 0.3 is 47.6 Å². The van der Waals surface area contributed by atoms with Crippen LogP contribution in [0.1, 0.15) is 46.3 Å². The molecule has 0 saturated heterocycles. The van der Waals surface area contributed by atoms with Crippen LogP contribution in [0.15, 0.2) is 97.1 Å². The SMILES string of the molecule is Cc1nc2ccccc2nc1/C=C/c1nc2ccccc2nc1/C=C/c1nc2ccccc2nc1/C=C/c1nc2ccccc2nc1OCCC(F)(F)C(F)(F)C(F)(F)C(F)(F)C(F)(F)C(F)(F)C(F)(F)C(F)(F)F. The molecule has 0 radical (unpaired) electrons. The molecule has 0 unspecified atom stereocenters. The van der Waals surface area contributed by atoms with Gasteiger partial charge in [0.05, 0.1) is 91.3 Å². The predicted molar refractivity (Wildman–Crippen MR) is 240 cm³/mol. The van der Waals surface area contributed by atoms with Gasteiger partial charge in [0.1, 0.15) is 5.69 Å². The fraction of sp³-hybridized carbons (Fsp3) is 0.224. The molecule has 0 bridgehead atoms. The molecule has 4 heterocycles. The largest absolute Gasteiger partial charge is 0.476 e. The van der Waals surface area contributed by atoms with Crippen LogP contribution in [-0.4, -0.2) is 94.1 Å². The van der Waals surface area contributed by atoms with Crippen LogP contribution in [0.3, 0.4) is 0 Å². The third-order valence-corrected chi connectivity index (χ3v) is 11.2. The molecule has 4 aromatic heterocycles. The van der Waals surface area contributed by atoms with E-state index >= 15 is 0 Å². The lowest BCUT2D eigenvalue weighted by Crippen LogP contribution is -2.74. The molecule has 9 nitrogen and oxygen atoms in total. The van der Waals surface area contributed by atoms with Gasteiger partial charge in [0, 0.05) is 0 Å². The van der Waals surface area contributed by atoms with E-state index in [0.29, 0.717) is 55.9 Å². The molecular formula is C49H29F17N8O. The molecule has 26 heteroatoms. The highest BCUT2D eigenvalue weighted by atomic mass is 19.4. The van der Waals surface area contributed by atoms with Gasteiger partial charge in [-0.15, -0.1) is 0 Å². The zero-order chi connectivity index (χ0) is 54.6. The topological polar surface area (TPSA) is 112 Å². The number of benzene rings is 4. The van der Waals surface area contributed by atoms with E-state index < -0.39 is 72.2 Å². The first-order chi connectivity index (χ1) is 35.0. The zero-order valence-corrected chi connectivity index (χ0v) is 37.5. The minimum Gasteiger partial charge on any atom is -0.476 e. The second kappa shape index (κ2) is 19.1. The highest BCUT2D eigenvalue weighted by molar-refractivity contribution is 5.87. The van der Waals surface area contributed by atoms with E-state index in [1.165, 1.54) is 36.4 Å². The number of fused-ring (bicyclic) bond motifs is 4. The van der Waals surface area contributed by atoms with Crippen molar-refractivity contribution in [2.24, 2.45) is 0 Å². The Balaban J connectivity index is 1.11. The van der Waals surface area contributed by atoms with Gasteiger partial charge in [-0.05, 0) is 91.9 Å². The number of halogens is 17. The van der Waals surface area contributed by atoms with Gasteiger partial charge in [0.15, 0.2) is 0 Å². The summed E-state index contributed by atoms with van der Waals surface area (Å²) in [7, 11) is 0. The number of para-hydroxylation sites is 8. The van der Waals surface area contributed by atoms with Crippen molar-refractivity contribution in [3.8, 4) is 5.88 Å². The van der Waals surface area contributed by atoms with Crippen molar-refractivity contribution in [1.82, 2.24) is 39.9 Å². The fourth-order valence-corrected chi connectivity index (χ4v) is 7.12. The van der Waals surface area contributed by atoms with Crippen molar-refractivity contribution in [3.05, 3.63) is 137 Å². The first kappa shape index (κ1) is 53.4.